The number of rotatable bonds is 5. The summed E-state index contributed by atoms with van der Waals surface area (Å²) < 4.78 is 1.69. The van der Waals surface area contributed by atoms with Crippen LogP contribution in [0.2, 0.25) is 0 Å². The second-order valence-corrected chi connectivity index (χ2v) is 7.25. The van der Waals surface area contributed by atoms with Crippen molar-refractivity contribution in [2.45, 2.75) is 6.42 Å². The number of carbonyl (C=O) groups is 1. The third kappa shape index (κ3) is 3.81. The quantitative estimate of drug-likeness (QED) is 0.763. The summed E-state index contributed by atoms with van der Waals surface area (Å²) in [7, 11) is 0. The predicted molar refractivity (Wildman–Crippen MR) is 85.3 cm³/mol. The van der Waals surface area contributed by atoms with E-state index in [9.17, 15) is 9.90 Å². The highest BCUT2D eigenvalue weighted by molar-refractivity contribution is 9.11. The number of carboxylic acid groups (broad SMARTS) is 1. The molecule has 0 aliphatic carbocycles. The fourth-order valence-electron chi connectivity index (χ4n) is 1.70. The smallest absolute Gasteiger partial charge is 0.338 e. The van der Waals surface area contributed by atoms with Gasteiger partial charge in [-0.1, -0.05) is 6.07 Å². The maximum absolute atomic E-state index is 11.2. The van der Waals surface area contributed by atoms with Crippen LogP contribution in [-0.4, -0.2) is 17.6 Å². The van der Waals surface area contributed by atoms with E-state index in [2.05, 4.69) is 43.2 Å². The molecule has 0 saturated carbocycles. The Balaban J connectivity index is 2.03. The molecular weight excluding hydrogens is 394 g/mol. The van der Waals surface area contributed by atoms with Crippen LogP contribution in [0.1, 0.15) is 15.2 Å². The maximum Gasteiger partial charge on any atom is 0.338 e. The molecule has 0 fully saturated rings. The van der Waals surface area contributed by atoms with Gasteiger partial charge in [-0.3, -0.25) is 0 Å². The van der Waals surface area contributed by atoms with Gasteiger partial charge in [0.05, 0.1) is 9.35 Å². The molecule has 0 saturated heterocycles. The van der Waals surface area contributed by atoms with Gasteiger partial charge in [0.2, 0.25) is 0 Å². The zero-order chi connectivity index (χ0) is 13.8. The fourth-order valence-corrected chi connectivity index (χ4v) is 3.71. The van der Waals surface area contributed by atoms with Crippen LogP contribution in [0.3, 0.4) is 0 Å². The molecule has 1 heterocycles. The zero-order valence-electron chi connectivity index (χ0n) is 9.82. The predicted octanol–water partition coefficient (Wildman–Crippen LogP) is 4.63. The molecule has 3 nitrogen and oxygen atoms in total. The average Bonchev–Trinajstić information content (AvgIpc) is 2.74. The SMILES string of the molecule is O=C(O)c1c(Br)cccc1NCCc1ccc(Br)s1. The van der Waals surface area contributed by atoms with Crippen LogP contribution in [0.15, 0.2) is 38.6 Å². The second kappa shape index (κ2) is 6.54. The largest absolute Gasteiger partial charge is 0.478 e. The molecule has 2 rings (SSSR count). The number of hydrogen-bond acceptors (Lipinski definition) is 3. The van der Waals surface area contributed by atoms with Crippen LogP contribution in [0.25, 0.3) is 0 Å². The standard InChI is InChI=1S/C13H11Br2NO2S/c14-9-2-1-3-10(12(9)13(17)18)16-7-6-8-4-5-11(15)19-8/h1-5,16H,6-7H2,(H,17,18). The van der Waals surface area contributed by atoms with Crippen molar-refractivity contribution in [2.24, 2.45) is 0 Å². The molecule has 0 aliphatic rings. The van der Waals surface area contributed by atoms with Crippen molar-refractivity contribution in [3.05, 3.63) is 49.0 Å². The number of hydrogen-bond donors (Lipinski definition) is 2. The van der Waals surface area contributed by atoms with Gasteiger partial charge in [0.1, 0.15) is 0 Å². The van der Waals surface area contributed by atoms with Crippen molar-refractivity contribution in [1.29, 1.82) is 0 Å². The molecule has 1 aromatic heterocycles. The van der Waals surface area contributed by atoms with Crippen LogP contribution in [0, 0.1) is 0 Å². The summed E-state index contributed by atoms with van der Waals surface area (Å²) in [6.07, 6.45) is 0.863. The van der Waals surface area contributed by atoms with Gasteiger partial charge in [0.25, 0.3) is 0 Å². The molecule has 19 heavy (non-hydrogen) atoms. The van der Waals surface area contributed by atoms with Gasteiger partial charge in [0.15, 0.2) is 0 Å². The minimum atomic E-state index is -0.936. The van der Waals surface area contributed by atoms with Crippen molar-refractivity contribution < 1.29 is 9.90 Å². The van der Waals surface area contributed by atoms with Crippen molar-refractivity contribution in [2.75, 3.05) is 11.9 Å². The second-order valence-electron chi connectivity index (χ2n) is 3.85. The number of halogens is 2. The highest BCUT2D eigenvalue weighted by Crippen LogP contribution is 2.25. The third-order valence-corrected chi connectivity index (χ3v) is 4.89. The highest BCUT2D eigenvalue weighted by atomic mass is 79.9. The van der Waals surface area contributed by atoms with E-state index in [4.69, 9.17) is 0 Å². The first kappa shape index (κ1) is 14.6. The first-order chi connectivity index (χ1) is 9.08. The van der Waals surface area contributed by atoms with Gasteiger partial charge in [-0.25, -0.2) is 4.79 Å². The Morgan fingerprint density at radius 2 is 2.05 bits per heavy atom. The molecule has 0 aliphatic heterocycles. The van der Waals surface area contributed by atoms with Crippen LogP contribution >= 0.6 is 43.2 Å². The number of benzene rings is 1. The van der Waals surface area contributed by atoms with Gasteiger partial charge in [-0.2, -0.15) is 0 Å². The molecule has 0 radical (unpaired) electrons. The number of carboxylic acids is 1. The Morgan fingerprint density at radius 3 is 2.68 bits per heavy atom. The summed E-state index contributed by atoms with van der Waals surface area (Å²) in [6.45, 7) is 0.698. The highest BCUT2D eigenvalue weighted by Gasteiger charge is 2.13. The minimum Gasteiger partial charge on any atom is -0.478 e. The summed E-state index contributed by atoms with van der Waals surface area (Å²) in [5.74, 6) is -0.936. The molecule has 2 aromatic rings. The summed E-state index contributed by atoms with van der Waals surface area (Å²) in [4.78, 5) is 12.5. The lowest BCUT2D eigenvalue weighted by atomic mass is 10.1. The summed E-state index contributed by atoms with van der Waals surface area (Å²) in [6, 6.07) is 9.40. The van der Waals surface area contributed by atoms with E-state index in [1.807, 2.05) is 12.1 Å². The topological polar surface area (TPSA) is 49.3 Å². The van der Waals surface area contributed by atoms with Gasteiger partial charge in [-0.05, 0) is 62.5 Å². The van der Waals surface area contributed by atoms with E-state index in [1.165, 1.54) is 4.88 Å². The van der Waals surface area contributed by atoms with Gasteiger partial charge < -0.3 is 10.4 Å². The molecule has 0 spiro atoms. The van der Waals surface area contributed by atoms with Gasteiger partial charge >= 0.3 is 5.97 Å². The molecule has 0 unspecified atom stereocenters. The van der Waals surface area contributed by atoms with Crippen LogP contribution in [-0.2, 0) is 6.42 Å². The van der Waals surface area contributed by atoms with Crippen LogP contribution < -0.4 is 5.32 Å². The van der Waals surface area contributed by atoms with Crippen molar-refractivity contribution in [3.63, 3.8) is 0 Å². The van der Waals surface area contributed by atoms with E-state index >= 15 is 0 Å². The third-order valence-electron chi connectivity index (χ3n) is 2.54. The zero-order valence-corrected chi connectivity index (χ0v) is 13.8. The monoisotopic (exact) mass is 403 g/mol. The normalized spacial score (nSPS) is 10.4. The van der Waals surface area contributed by atoms with Crippen molar-refractivity contribution >= 4 is 54.9 Å². The average molecular weight is 405 g/mol. The molecule has 0 bridgehead atoms. The lowest BCUT2D eigenvalue weighted by molar-refractivity contribution is 0.0697. The lowest BCUT2D eigenvalue weighted by Gasteiger charge is -2.10. The molecular formula is C13H11Br2NO2S. The number of anilines is 1. The summed E-state index contributed by atoms with van der Waals surface area (Å²) in [5, 5.41) is 12.4. The summed E-state index contributed by atoms with van der Waals surface area (Å²) >= 11 is 8.37. The molecule has 0 atom stereocenters. The molecule has 2 N–H and O–H groups in total. The number of thiophene rings is 1. The fraction of sp³-hybridized carbons (Fsp3) is 0.154. The van der Waals surface area contributed by atoms with Crippen LogP contribution in [0.4, 0.5) is 5.69 Å². The van der Waals surface area contributed by atoms with E-state index < -0.39 is 5.97 Å². The first-order valence-electron chi connectivity index (χ1n) is 5.58. The molecule has 6 heteroatoms. The van der Waals surface area contributed by atoms with Gasteiger partial charge in [-0.15, -0.1) is 11.3 Å². The lowest BCUT2D eigenvalue weighted by Crippen LogP contribution is -2.09. The van der Waals surface area contributed by atoms with Gasteiger partial charge in [0, 0.05) is 21.6 Å². The minimum absolute atomic E-state index is 0.273. The van der Waals surface area contributed by atoms with Crippen molar-refractivity contribution in [1.82, 2.24) is 0 Å². The number of aromatic carboxylic acids is 1. The first-order valence-corrected chi connectivity index (χ1v) is 7.98. The Kier molecular flexibility index (Phi) is 5.01. The van der Waals surface area contributed by atoms with E-state index in [-0.39, 0.29) is 5.56 Å². The summed E-state index contributed by atoms with van der Waals surface area (Å²) in [5.41, 5.74) is 0.910. The van der Waals surface area contributed by atoms with Crippen molar-refractivity contribution in [3.8, 4) is 0 Å². The van der Waals surface area contributed by atoms with E-state index in [0.717, 1.165) is 10.2 Å². The number of nitrogens with one attached hydrogen (secondary N) is 1. The Bertz CT molecular complexity index is 598. The molecule has 100 valence electrons. The molecule has 0 amide bonds. The van der Waals surface area contributed by atoms with E-state index in [0.29, 0.717) is 16.7 Å². The van der Waals surface area contributed by atoms with Crippen LogP contribution in [0.5, 0.6) is 0 Å². The van der Waals surface area contributed by atoms with E-state index in [1.54, 1.807) is 23.5 Å². The Labute approximate surface area is 131 Å². The Hall–Kier alpha value is -0.850. The maximum atomic E-state index is 11.2. The molecule has 1 aromatic carbocycles. The Morgan fingerprint density at radius 1 is 1.26 bits per heavy atom.